The van der Waals surface area contributed by atoms with Gasteiger partial charge in [0.05, 0.1) is 0 Å². The van der Waals surface area contributed by atoms with E-state index in [1.54, 1.807) is 0 Å². The molecule has 1 fully saturated rings. The number of nitrogens with zero attached hydrogens (tertiary/aromatic N) is 1. The summed E-state index contributed by atoms with van der Waals surface area (Å²) in [6.07, 6.45) is 4.26. The van der Waals surface area contributed by atoms with Crippen LogP contribution in [0.1, 0.15) is 67.2 Å². The van der Waals surface area contributed by atoms with Gasteiger partial charge in [-0.2, -0.15) is 0 Å². The zero-order valence-electron chi connectivity index (χ0n) is 14.0. The highest BCUT2D eigenvalue weighted by molar-refractivity contribution is 5.68. The summed E-state index contributed by atoms with van der Waals surface area (Å²) in [5.41, 5.74) is -0.424. The van der Waals surface area contributed by atoms with Gasteiger partial charge in [-0.3, -0.25) is 0 Å². The number of likely N-dealkylation sites (tertiary alicyclic amines) is 1. The molecule has 118 valence electrons. The van der Waals surface area contributed by atoms with E-state index < -0.39 is 5.60 Å². The Morgan fingerprint density at radius 2 is 1.95 bits per heavy atom. The lowest BCUT2D eigenvalue weighted by atomic mass is 9.96. The molecule has 1 N–H and O–H groups in total. The number of nitrogens with one attached hydrogen (secondary N) is 1. The summed E-state index contributed by atoms with van der Waals surface area (Å²) >= 11 is 0. The Hall–Kier alpha value is -0.770. The average Bonchev–Trinajstić information content (AvgIpc) is 2.35. The Labute approximate surface area is 124 Å². The van der Waals surface area contributed by atoms with Crippen LogP contribution in [0.4, 0.5) is 4.79 Å². The van der Waals surface area contributed by atoms with Gasteiger partial charge in [0.15, 0.2) is 0 Å². The predicted octanol–water partition coefficient (Wildman–Crippen LogP) is 3.55. The number of carbonyl (C=O) groups is 1. The van der Waals surface area contributed by atoms with Gasteiger partial charge in [0, 0.05) is 24.7 Å². The Bertz CT molecular complexity index is 308. The van der Waals surface area contributed by atoms with E-state index in [0.29, 0.717) is 12.1 Å². The molecule has 4 heteroatoms. The van der Waals surface area contributed by atoms with Crippen LogP contribution in [-0.4, -0.2) is 41.3 Å². The second-order valence-corrected chi connectivity index (χ2v) is 6.84. The van der Waals surface area contributed by atoms with Gasteiger partial charge in [0.25, 0.3) is 0 Å². The fourth-order valence-electron chi connectivity index (χ4n) is 2.77. The molecule has 0 spiro atoms. The molecule has 1 heterocycles. The first kappa shape index (κ1) is 17.3. The highest BCUT2D eigenvalue weighted by atomic mass is 16.6. The van der Waals surface area contributed by atoms with Crippen LogP contribution in [0, 0.1) is 0 Å². The monoisotopic (exact) mass is 284 g/mol. The maximum atomic E-state index is 12.3. The number of amides is 1. The lowest BCUT2D eigenvalue weighted by Crippen LogP contribution is -2.57. The summed E-state index contributed by atoms with van der Waals surface area (Å²) in [5.74, 6) is 0. The molecule has 0 saturated carbocycles. The SMILES string of the molecule is CCC(CC)NC1CCCN(C(=O)OC(C)(C)C)C1C. The molecular weight excluding hydrogens is 252 g/mol. The van der Waals surface area contributed by atoms with Gasteiger partial charge in [-0.1, -0.05) is 13.8 Å². The highest BCUT2D eigenvalue weighted by Crippen LogP contribution is 2.21. The van der Waals surface area contributed by atoms with Crippen molar-refractivity contribution in [2.24, 2.45) is 0 Å². The fraction of sp³-hybridized carbons (Fsp3) is 0.938. The largest absolute Gasteiger partial charge is 0.444 e. The molecule has 1 saturated heterocycles. The number of rotatable bonds is 4. The van der Waals surface area contributed by atoms with Crippen molar-refractivity contribution in [1.82, 2.24) is 10.2 Å². The molecule has 0 bridgehead atoms. The summed E-state index contributed by atoms with van der Waals surface area (Å²) in [4.78, 5) is 14.2. The standard InChI is InChI=1S/C16H32N2O2/c1-7-13(8-2)17-14-10-9-11-18(12(14)3)15(19)20-16(4,5)6/h12-14,17H,7-11H2,1-6H3. The van der Waals surface area contributed by atoms with E-state index in [9.17, 15) is 4.79 Å². The van der Waals surface area contributed by atoms with Crippen molar-refractivity contribution in [3.63, 3.8) is 0 Å². The number of hydrogen-bond donors (Lipinski definition) is 1. The Morgan fingerprint density at radius 3 is 2.45 bits per heavy atom. The molecule has 0 aromatic carbocycles. The van der Waals surface area contributed by atoms with Gasteiger partial charge < -0.3 is 15.0 Å². The molecule has 1 aliphatic rings. The average molecular weight is 284 g/mol. The van der Waals surface area contributed by atoms with E-state index >= 15 is 0 Å². The third kappa shape index (κ3) is 4.97. The molecule has 1 aliphatic heterocycles. The third-order valence-corrected chi connectivity index (χ3v) is 4.05. The molecule has 2 unspecified atom stereocenters. The molecule has 0 aromatic heterocycles. The number of piperidine rings is 1. The normalized spacial score (nSPS) is 24.1. The molecule has 20 heavy (non-hydrogen) atoms. The highest BCUT2D eigenvalue weighted by Gasteiger charge is 2.34. The third-order valence-electron chi connectivity index (χ3n) is 4.05. The zero-order valence-corrected chi connectivity index (χ0v) is 14.0. The molecule has 0 aliphatic carbocycles. The van der Waals surface area contributed by atoms with E-state index in [1.807, 2.05) is 25.7 Å². The van der Waals surface area contributed by atoms with Crippen LogP contribution in [0.2, 0.25) is 0 Å². The molecular formula is C16H32N2O2. The number of carbonyl (C=O) groups excluding carboxylic acids is 1. The predicted molar refractivity (Wildman–Crippen MR) is 82.9 cm³/mol. The quantitative estimate of drug-likeness (QED) is 0.858. The first-order chi connectivity index (χ1) is 9.28. The Morgan fingerprint density at radius 1 is 1.35 bits per heavy atom. The van der Waals surface area contributed by atoms with Crippen LogP contribution in [0.15, 0.2) is 0 Å². The van der Waals surface area contributed by atoms with Crippen LogP contribution in [0.3, 0.4) is 0 Å². The van der Waals surface area contributed by atoms with Gasteiger partial charge in [-0.25, -0.2) is 4.79 Å². The second-order valence-electron chi connectivity index (χ2n) is 6.84. The topological polar surface area (TPSA) is 41.6 Å². The van der Waals surface area contributed by atoms with Crippen molar-refractivity contribution in [1.29, 1.82) is 0 Å². The number of hydrogen-bond acceptors (Lipinski definition) is 3. The van der Waals surface area contributed by atoms with Gasteiger partial charge in [-0.05, 0) is 53.4 Å². The lowest BCUT2D eigenvalue weighted by molar-refractivity contribution is 0.00625. The van der Waals surface area contributed by atoms with Crippen molar-refractivity contribution in [3.05, 3.63) is 0 Å². The summed E-state index contributed by atoms with van der Waals surface area (Å²) < 4.78 is 5.51. The van der Waals surface area contributed by atoms with E-state index in [-0.39, 0.29) is 12.1 Å². The minimum atomic E-state index is -0.424. The first-order valence-corrected chi connectivity index (χ1v) is 8.04. The van der Waals surface area contributed by atoms with Gasteiger partial charge in [0.1, 0.15) is 5.60 Å². The maximum absolute atomic E-state index is 12.3. The molecule has 2 atom stereocenters. The van der Waals surface area contributed by atoms with Gasteiger partial charge >= 0.3 is 6.09 Å². The Balaban J connectivity index is 2.64. The van der Waals surface area contributed by atoms with Crippen molar-refractivity contribution < 1.29 is 9.53 Å². The first-order valence-electron chi connectivity index (χ1n) is 8.04. The van der Waals surface area contributed by atoms with E-state index in [0.717, 1.165) is 32.2 Å². The van der Waals surface area contributed by atoms with Crippen LogP contribution < -0.4 is 5.32 Å². The van der Waals surface area contributed by atoms with E-state index in [4.69, 9.17) is 4.74 Å². The van der Waals surface area contributed by atoms with Crippen LogP contribution in [0.5, 0.6) is 0 Å². The molecule has 1 rings (SSSR count). The fourth-order valence-corrected chi connectivity index (χ4v) is 2.77. The molecule has 1 amide bonds. The van der Waals surface area contributed by atoms with Crippen molar-refractivity contribution in [2.45, 2.75) is 91.0 Å². The zero-order chi connectivity index (χ0) is 15.3. The number of ether oxygens (including phenoxy) is 1. The van der Waals surface area contributed by atoms with Crippen molar-refractivity contribution >= 4 is 6.09 Å². The minimum Gasteiger partial charge on any atom is -0.444 e. The summed E-state index contributed by atoms with van der Waals surface area (Å²) in [6.45, 7) is 13.1. The van der Waals surface area contributed by atoms with Crippen molar-refractivity contribution in [3.8, 4) is 0 Å². The van der Waals surface area contributed by atoms with Gasteiger partial charge in [-0.15, -0.1) is 0 Å². The molecule has 0 aromatic rings. The smallest absolute Gasteiger partial charge is 0.410 e. The summed E-state index contributed by atoms with van der Waals surface area (Å²) in [5, 5.41) is 3.70. The van der Waals surface area contributed by atoms with E-state index in [2.05, 4.69) is 26.1 Å². The summed E-state index contributed by atoms with van der Waals surface area (Å²) in [7, 11) is 0. The van der Waals surface area contributed by atoms with Gasteiger partial charge in [0.2, 0.25) is 0 Å². The van der Waals surface area contributed by atoms with E-state index in [1.165, 1.54) is 0 Å². The van der Waals surface area contributed by atoms with Crippen LogP contribution in [0.25, 0.3) is 0 Å². The lowest BCUT2D eigenvalue weighted by Gasteiger charge is -2.41. The van der Waals surface area contributed by atoms with Crippen LogP contribution >= 0.6 is 0 Å². The molecule has 0 radical (unpaired) electrons. The van der Waals surface area contributed by atoms with Crippen LogP contribution in [-0.2, 0) is 4.74 Å². The Kier molecular flexibility index (Phi) is 6.31. The minimum absolute atomic E-state index is 0.180. The van der Waals surface area contributed by atoms with Crippen molar-refractivity contribution in [2.75, 3.05) is 6.54 Å². The maximum Gasteiger partial charge on any atom is 0.410 e. The molecule has 4 nitrogen and oxygen atoms in total. The second kappa shape index (κ2) is 7.30. The summed E-state index contributed by atoms with van der Waals surface area (Å²) in [6, 6.07) is 1.11.